The lowest BCUT2D eigenvalue weighted by Gasteiger charge is -2.33. The zero-order chi connectivity index (χ0) is 18.5. The molecular formula is C20H26N4OS. The summed E-state index contributed by atoms with van der Waals surface area (Å²) in [5, 5.41) is 3.93. The molecule has 0 unspecified atom stereocenters. The SMILES string of the molecule is Cc1ccc(Sc2nccnc2N2CCC[C@@H](C(=O)NC(C)C)C2)cc1. The number of benzene rings is 1. The van der Waals surface area contributed by atoms with Gasteiger partial charge in [0.25, 0.3) is 0 Å². The van der Waals surface area contributed by atoms with Crippen LogP contribution < -0.4 is 10.2 Å². The zero-order valence-electron chi connectivity index (χ0n) is 15.6. The van der Waals surface area contributed by atoms with Crippen molar-refractivity contribution in [3.63, 3.8) is 0 Å². The van der Waals surface area contributed by atoms with Gasteiger partial charge in [0.1, 0.15) is 5.03 Å². The number of piperidine rings is 1. The van der Waals surface area contributed by atoms with Crippen LogP contribution >= 0.6 is 11.8 Å². The van der Waals surface area contributed by atoms with Gasteiger partial charge in [0.05, 0.1) is 5.92 Å². The summed E-state index contributed by atoms with van der Waals surface area (Å²) in [5.74, 6) is 1.02. The molecule has 0 saturated carbocycles. The van der Waals surface area contributed by atoms with Gasteiger partial charge in [0.2, 0.25) is 5.91 Å². The van der Waals surface area contributed by atoms with Crippen LogP contribution in [0.5, 0.6) is 0 Å². The van der Waals surface area contributed by atoms with E-state index >= 15 is 0 Å². The molecule has 1 atom stereocenters. The van der Waals surface area contributed by atoms with Crippen LogP contribution in [0.3, 0.4) is 0 Å². The van der Waals surface area contributed by atoms with Gasteiger partial charge in [-0.3, -0.25) is 4.79 Å². The molecule has 6 heteroatoms. The molecule has 1 aliphatic heterocycles. The van der Waals surface area contributed by atoms with Crippen LogP contribution in [0.4, 0.5) is 5.82 Å². The maximum Gasteiger partial charge on any atom is 0.225 e. The second kappa shape index (κ2) is 8.54. The van der Waals surface area contributed by atoms with Gasteiger partial charge < -0.3 is 10.2 Å². The third-order valence-corrected chi connectivity index (χ3v) is 5.39. The van der Waals surface area contributed by atoms with Crippen molar-refractivity contribution in [2.45, 2.75) is 49.6 Å². The number of anilines is 1. The van der Waals surface area contributed by atoms with Gasteiger partial charge in [-0.15, -0.1) is 0 Å². The van der Waals surface area contributed by atoms with Gasteiger partial charge in [-0.25, -0.2) is 9.97 Å². The summed E-state index contributed by atoms with van der Waals surface area (Å²) in [6.45, 7) is 7.68. The number of nitrogens with one attached hydrogen (secondary N) is 1. The largest absolute Gasteiger partial charge is 0.354 e. The molecule has 0 aliphatic carbocycles. The van der Waals surface area contributed by atoms with E-state index in [-0.39, 0.29) is 17.9 Å². The number of aromatic nitrogens is 2. The van der Waals surface area contributed by atoms with Crippen molar-refractivity contribution in [1.82, 2.24) is 15.3 Å². The number of carbonyl (C=O) groups excluding carboxylic acids is 1. The highest BCUT2D eigenvalue weighted by Crippen LogP contribution is 2.34. The molecule has 0 bridgehead atoms. The summed E-state index contributed by atoms with van der Waals surface area (Å²) >= 11 is 1.62. The van der Waals surface area contributed by atoms with Crippen LogP contribution in [0.2, 0.25) is 0 Å². The average Bonchev–Trinajstić information content (AvgIpc) is 2.64. The Kier molecular flexibility index (Phi) is 6.14. The number of aryl methyl sites for hydroxylation is 1. The number of hydrogen-bond donors (Lipinski definition) is 1. The lowest BCUT2D eigenvalue weighted by Crippen LogP contribution is -2.45. The van der Waals surface area contributed by atoms with Crippen molar-refractivity contribution in [2.75, 3.05) is 18.0 Å². The quantitative estimate of drug-likeness (QED) is 0.870. The molecule has 1 fully saturated rings. The predicted octanol–water partition coefficient (Wildman–Crippen LogP) is 3.68. The van der Waals surface area contributed by atoms with Crippen LogP contribution in [0.1, 0.15) is 32.3 Å². The van der Waals surface area contributed by atoms with Crippen molar-refractivity contribution in [3.05, 3.63) is 42.2 Å². The van der Waals surface area contributed by atoms with Gasteiger partial charge >= 0.3 is 0 Å². The summed E-state index contributed by atoms with van der Waals surface area (Å²) in [6, 6.07) is 8.58. The average molecular weight is 371 g/mol. The first kappa shape index (κ1) is 18.7. The Hall–Kier alpha value is -2.08. The Labute approximate surface area is 159 Å². The lowest BCUT2D eigenvalue weighted by molar-refractivity contribution is -0.125. The molecule has 3 rings (SSSR count). The minimum absolute atomic E-state index is 0.00498. The van der Waals surface area contributed by atoms with E-state index in [1.807, 2.05) is 13.8 Å². The fourth-order valence-electron chi connectivity index (χ4n) is 3.11. The van der Waals surface area contributed by atoms with Gasteiger partial charge in [-0.1, -0.05) is 29.5 Å². The summed E-state index contributed by atoms with van der Waals surface area (Å²) in [6.07, 6.45) is 5.37. The molecule has 1 saturated heterocycles. The van der Waals surface area contributed by atoms with E-state index in [0.717, 1.165) is 35.1 Å². The van der Waals surface area contributed by atoms with Crippen LogP contribution in [-0.2, 0) is 4.79 Å². The third kappa shape index (κ3) is 4.75. The first-order valence-corrected chi connectivity index (χ1v) is 9.95. The van der Waals surface area contributed by atoms with Crippen molar-refractivity contribution in [3.8, 4) is 0 Å². The molecule has 5 nitrogen and oxygen atoms in total. The first-order valence-electron chi connectivity index (χ1n) is 9.14. The van der Waals surface area contributed by atoms with Gasteiger partial charge in [-0.05, 0) is 45.7 Å². The molecule has 1 amide bonds. The highest BCUT2D eigenvalue weighted by molar-refractivity contribution is 7.99. The molecule has 0 radical (unpaired) electrons. The Bertz CT molecular complexity index is 748. The minimum Gasteiger partial charge on any atom is -0.354 e. The second-order valence-corrected chi connectivity index (χ2v) is 8.11. The van der Waals surface area contributed by atoms with Gasteiger partial charge in [-0.2, -0.15) is 0 Å². The Morgan fingerprint density at radius 1 is 1.23 bits per heavy atom. The molecule has 26 heavy (non-hydrogen) atoms. The van der Waals surface area contributed by atoms with Crippen LogP contribution in [0.25, 0.3) is 0 Å². The highest BCUT2D eigenvalue weighted by atomic mass is 32.2. The fraction of sp³-hybridized carbons (Fsp3) is 0.450. The first-order chi connectivity index (χ1) is 12.5. The summed E-state index contributed by atoms with van der Waals surface area (Å²) in [5.41, 5.74) is 1.24. The summed E-state index contributed by atoms with van der Waals surface area (Å²) < 4.78 is 0. The molecular weight excluding hydrogens is 344 g/mol. The molecule has 2 heterocycles. The van der Waals surface area contributed by atoms with Gasteiger partial charge in [0.15, 0.2) is 5.82 Å². The number of amides is 1. The van der Waals surface area contributed by atoms with E-state index in [4.69, 9.17) is 0 Å². The normalized spacial score (nSPS) is 17.4. The fourth-order valence-corrected chi connectivity index (χ4v) is 3.99. The minimum atomic E-state index is 0.00498. The number of rotatable bonds is 5. The maximum absolute atomic E-state index is 12.4. The van der Waals surface area contributed by atoms with Crippen molar-refractivity contribution >= 4 is 23.5 Å². The van der Waals surface area contributed by atoms with Crippen molar-refractivity contribution < 1.29 is 4.79 Å². The highest BCUT2D eigenvalue weighted by Gasteiger charge is 2.28. The van der Waals surface area contributed by atoms with Crippen LogP contribution in [-0.4, -0.2) is 35.0 Å². The number of carbonyl (C=O) groups is 1. The van der Waals surface area contributed by atoms with Gasteiger partial charge in [0, 0.05) is 36.4 Å². The monoisotopic (exact) mass is 370 g/mol. The Morgan fingerprint density at radius 2 is 1.96 bits per heavy atom. The molecule has 1 aromatic carbocycles. The summed E-state index contributed by atoms with van der Waals surface area (Å²) in [4.78, 5) is 24.9. The topological polar surface area (TPSA) is 58.1 Å². The van der Waals surface area contributed by atoms with Crippen molar-refractivity contribution in [2.24, 2.45) is 5.92 Å². The lowest BCUT2D eigenvalue weighted by atomic mass is 9.97. The molecule has 2 aromatic rings. The van der Waals surface area contributed by atoms with E-state index in [1.54, 1.807) is 24.2 Å². The van der Waals surface area contributed by atoms with Crippen LogP contribution in [0, 0.1) is 12.8 Å². The van der Waals surface area contributed by atoms with Crippen LogP contribution in [0.15, 0.2) is 46.6 Å². The molecule has 1 aromatic heterocycles. The predicted molar refractivity (Wildman–Crippen MR) is 106 cm³/mol. The standard InChI is InChI=1S/C20H26N4OS/c1-14(2)23-19(25)16-5-4-12-24(13-16)18-20(22-11-10-21-18)26-17-8-6-15(3)7-9-17/h6-11,14,16H,4-5,12-13H2,1-3H3,(H,23,25)/t16-/m1/s1. The van der Waals surface area contributed by atoms with Crippen molar-refractivity contribution in [1.29, 1.82) is 0 Å². The van der Waals surface area contributed by atoms with E-state index in [1.165, 1.54) is 5.56 Å². The maximum atomic E-state index is 12.4. The van der Waals surface area contributed by atoms with E-state index in [9.17, 15) is 4.79 Å². The molecule has 1 aliphatic rings. The van der Waals surface area contributed by atoms with E-state index in [2.05, 4.69) is 51.4 Å². The molecule has 1 N–H and O–H groups in total. The zero-order valence-corrected chi connectivity index (χ0v) is 16.4. The second-order valence-electron chi connectivity index (χ2n) is 7.05. The molecule has 138 valence electrons. The Balaban J connectivity index is 1.76. The molecule has 0 spiro atoms. The van der Waals surface area contributed by atoms with E-state index in [0.29, 0.717) is 6.54 Å². The smallest absolute Gasteiger partial charge is 0.225 e. The number of nitrogens with zero attached hydrogens (tertiary/aromatic N) is 3. The number of hydrogen-bond acceptors (Lipinski definition) is 5. The Morgan fingerprint density at radius 3 is 2.69 bits per heavy atom. The van der Waals surface area contributed by atoms with E-state index < -0.39 is 0 Å². The third-order valence-electron chi connectivity index (χ3n) is 4.40. The summed E-state index contributed by atoms with van der Waals surface area (Å²) in [7, 11) is 0.